The van der Waals surface area contributed by atoms with E-state index in [1.807, 2.05) is 32.0 Å². The zero-order valence-electron chi connectivity index (χ0n) is 11.7. The summed E-state index contributed by atoms with van der Waals surface area (Å²) >= 11 is 0. The molecule has 2 N–H and O–H groups in total. The number of hydrogen-bond acceptors (Lipinski definition) is 3. The molecule has 0 aliphatic heterocycles. The largest absolute Gasteiger partial charge is 0.480 e. The second kappa shape index (κ2) is 5.38. The van der Waals surface area contributed by atoms with Crippen LogP contribution < -0.4 is 5.32 Å². The van der Waals surface area contributed by atoms with Crippen molar-refractivity contribution >= 4 is 11.9 Å². The summed E-state index contributed by atoms with van der Waals surface area (Å²) < 4.78 is 0. The lowest BCUT2D eigenvalue weighted by molar-refractivity contribution is -0.153. The normalized spacial score (nSPS) is 12.0. The number of carbonyl (C=O) groups is 2. The van der Waals surface area contributed by atoms with Gasteiger partial charge in [0.25, 0.3) is 0 Å². The van der Waals surface area contributed by atoms with Crippen molar-refractivity contribution in [2.24, 2.45) is 5.41 Å². The first-order valence-corrected chi connectivity index (χ1v) is 6.11. The van der Waals surface area contributed by atoms with E-state index in [-0.39, 0.29) is 5.41 Å². The summed E-state index contributed by atoms with van der Waals surface area (Å²) in [6.07, 6.45) is 1.69. The molecule has 0 bridgehead atoms. The number of rotatable bonds is 5. The van der Waals surface area contributed by atoms with Crippen LogP contribution in [0.5, 0.6) is 0 Å². The molecule has 1 aromatic rings. The van der Waals surface area contributed by atoms with Gasteiger partial charge in [-0.15, -0.1) is 0 Å². The van der Waals surface area contributed by atoms with Crippen molar-refractivity contribution in [3.05, 3.63) is 30.1 Å². The lowest BCUT2D eigenvalue weighted by atomic mass is 9.87. The predicted octanol–water partition coefficient (Wildman–Crippen LogP) is 1.59. The molecule has 5 nitrogen and oxygen atoms in total. The molecule has 0 unspecified atom stereocenters. The minimum Gasteiger partial charge on any atom is -0.480 e. The Morgan fingerprint density at radius 1 is 1.26 bits per heavy atom. The average Bonchev–Trinajstić information content (AvgIpc) is 2.36. The quantitative estimate of drug-likeness (QED) is 0.791. The second-order valence-corrected chi connectivity index (χ2v) is 5.71. The van der Waals surface area contributed by atoms with Gasteiger partial charge in [-0.2, -0.15) is 0 Å². The molecule has 0 aromatic carbocycles. The van der Waals surface area contributed by atoms with Gasteiger partial charge >= 0.3 is 5.97 Å². The number of nitrogens with one attached hydrogen (secondary N) is 1. The molecule has 104 valence electrons. The van der Waals surface area contributed by atoms with Crippen molar-refractivity contribution in [1.82, 2.24) is 10.3 Å². The van der Waals surface area contributed by atoms with Crippen molar-refractivity contribution in [3.8, 4) is 0 Å². The van der Waals surface area contributed by atoms with E-state index >= 15 is 0 Å². The smallest absolute Gasteiger partial charge is 0.318 e. The molecular formula is C14H20N2O3. The van der Waals surface area contributed by atoms with Gasteiger partial charge in [0.15, 0.2) is 0 Å². The van der Waals surface area contributed by atoms with Gasteiger partial charge in [0.1, 0.15) is 5.41 Å². The number of aromatic nitrogens is 1. The van der Waals surface area contributed by atoms with E-state index in [4.69, 9.17) is 5.11 Å². The maximum absolute atomic E-state index is 11.9. The number of nitrogens with zero attached hydrogens (tertiary/aromatic N) is 1. The Morgan fingerprint density at radius 3 is 2.37 bits per heavy atom. The molecule has 0 atom stereocenters. The van der Waals surface area contributed by atoms with Crippen LogP contribution in [0.3, 0.4) is 0 Å². The average molecular weight is 264 g/mol. The maximum Gasteiger partial charge on any atom is 0.318 e. The highest BCUT2D eigenvalue weighted by atomic mass is 16.4. The van der Waals surface area contributed by atoms with Crippen LogP contribution in [-0.4, -0.2) is 28.5 Å². The van der Waals surface area contributed by atoms with Crippen LogP contribution in [0, 0.1) is 5.41 Å². The van der Waals surface area contributed by atoms with Gasteiger partial charge in [0, 0.05) is 23.9 Å². The Morgan fingerprint density at radius 2 is 1.89 bits per heavy atom. The third kappa shape index (κ3) is 3.53. The molecular weight excluding hydrogens is 244 g/mol. The molecule has 0 aliphatic rings. The molecule has 5 heteroatoms. The van der Waals surface area contributed by atoms with Crippen LogP contribution in [0.15, 0.2) is 24.4 Å². The fourth-order valence-corrected chi connectivity index (χ4v) is 1.47. The van der Waals surface area contributed by atoms with Gasteiger partial charge in [-0.1, -0.05) is 19.9 Å². The Kier molecular flexibility index (Phi) is 4.29. The van der Waals surface area contributed by atoms with Crippen LogP contribution in [0.2, 0.25) is 0 Å². The fraction of sp³-hybridized carbons (Fsp3) is 0.500. The number of carbonyl (C=O) groups excluding carboxylic acids is 1. The first-order valence-electron chi connectivity index (χ1n) is 6.11. The minimum absolute atomic E-state index is 0.333. The van der Waals surface area contributed by atoms with Crippen LogP contribution in [0.1, 0.15) is 33.4 Å². The third-order valence-corrected chi connectivity index (χ3v) is 3.15. The van der Waals surface area contributed by atoms with Gasteiger partial charge in [0.2, 0.25) is 5.91 Å². The summed E-state index contributed by atoms with van der Waals surface area (Å²) in [4.78, 5) is 27.1. The molecule has 0 spiro atoms. The number of aliphatic carboxylic acids is 1. The monoisotopic (exact) mass is 264 g/mol. The number of carboxylic acids is 1. The van der Waals surface area contributed by atoms with Crippen molar-refractivity contribution in [1.29, 1.82) is 0 Å². The third-order valence-electron chi connectivity index (χ3n) is 3.15. The van der Waals surface area contributed by atoms with E-state index in [1.54, 1.807) is 6.20 Å². The molecule has 0 saturated heterocycles. The van der Waals surface area contributed by atoms with Crippen molar-refractivity contribution < 1.29 is 14.7 Å². The molecule has 1 rings (SSSR count). The number of pyridine rings is 1. The van der Waals surface area contributed by atoms with Gasteiger partial charge in [-0.25, -0.2) is 0 Å². The van der Waals surface area contributed by atoms with E-state index in [1.165, 1.54) is 13.8 Å². The predicted molar refractivity (Wildman–Crippen MR) is 71.7 cm³/mol. The highest BCUT2D eigenvalue weighted by Gasteiger charge is 2.36. The first kappa shape index (κ1) is 15.1. The molecule has 1 heterocycles. The Bertz CT molecular complexity index is 467. The van der Waals surface area contributed by atoms with Crippen LogP contribution in [0.25, 0.3) is 0 Å². The standard InChI is InChI=1S/C14H20N2O3/c1-13(2,10-7-5-6-8-15-10)9-16-11(17)14(3,4)12(18)19/h5-8H,9H2,1-4H3,(H,16,17)(H,18,19). The Balaban J connectivity index is 2.72. The number of carboxylic acid groups (broad SMARTS) is 1. The van der Waals surface area contributed by atoms with E-state index in [2.05, 4.69) is 10.3 Å². The summed E-state index contributed by atoms with van der Waals surface area (Å²) in [5, 5.41) is 11.7. The van der Waals surface area contributed by atoms with Crippen LogP contribution in [-0.2, 0) is 15.0 Å². The molecule has 1 amide bonds. The van der Waals surface area contributed by atoms with Crippen molar-refractivity contribution in [2.75, 3.05) is 6.54 Å². The van der Waals surface area contributed by atoms with Gasteiger partial charge in [-0.05, 0) is 26.0 Å². The molecule has 0 aliphatic carbocycles. The van der Waals surface area contributed by atoms with Crippen molar-refractivity contribution in [2.45, 2.75) is 33.1 Å². The number of amides is 1. The van der Waals surface area contributed by atoms with Crippen molar-refractivity contribution in [3.63, 3.8) is 0 Å². The highest BCUT2D eigenvalue weighted by Crippen LogP contribution is 2.21. The van der Waals surface area contributed by atoms with E-state index in [9.17, 15) is 9.59 Å². The molecule has 0 radical (unpaired) electrons. The lowest BCUT2D eigenvalue weighted by Gasteiger charge is -2.26. The lowest BCUT2D eigenvalue weighted by Crippen LogP contribution is -2.46. The molecule has 0 saturated carbocycles. The zero-order valence-corrected chi connectivity index (χ0v) is 11.7. The summed E-state index contributed by atoms with van der Waals surface area (Å²) in [6.45, 7) is 7.00. The maximum atomic E-state index is 11.9. The topological polar surface area (TPSA) is 79.3 Å². The van der Waals surface area contributed by atoms with Gasteiger partial charge < -0.3 is 10.4 Å². The van der Waals surface area contributed by atoms with Gasteiger partial charge in [-0.3, -0.25) is 14.6 Å². The highest BCUT2D eigenvalue weighted by molar-refractivity contribution is 6.00. The Labute approximate surface area is 113 Å². The molecule has 0 fully saturated rings. The van der Waals surface area contributed by atoms with E-state index < -0.39 is 17.3 Å². The zero-order chi connectivity index (χ0) is 14.7. The fourth-order valence-electron chi connectivity index (χ4n) is 1.47. The minimum atomic E-state index is -1.43. The van der Waals surface area contributed by atoms with Crippen LogP contribution in [0.4, 0.5) is 0 Å². The number of hydrogen-bond donors (Lipinski definition) is 2. The summed E-state index contributed by atoms with van der Waals surface area (Å²) in [7, 11) is 0. The van der Waals surface area contributed by atoms with Crippen LogP contribution >= 0.6 is 0 Å². The summed E-state index contributed by atoms with van der Waals surface area (Å²) in [5.74, 6) is -1.63. The molecule has 19 heavy (non-hydrogen) atoms. The second-order valence-electron chi connectivity index (χ2n) is 5.71. The Hall–Kier alpha value is -1.91. The van der Waals surface area contributed by atoms with E-state index in [0.29, 0.717) is 6.54 Å². The molecule has 1 aromatic heterocycles. The summed E-state index contributed by atoms with van der Waals surface area (Å²) in [5.41, 5.74) is -0.936. The van der Waals surface area contributed by atoms with Gasteiger partial charge in [0.05, 0.1) is 0 Å². The SMILES string of the molecule is CC(C)(C(=O)O)C(=O)NCC(C)(C)c1ccccn1. The van der Waals surface area contributed by atoms with E-state index in [0.717, 1.165) is 5.69 Å². The summed E-state index contributed by atoms with van der Waals surface area (Å²) in [6, 6.07) is 5.59. The first-order chi connectivity index (χ1) is 8.68.